The van der Waals surface area contributed by atoms with Crippen LogP contribution in [0.1, 0.15) is 48.9 Å². The summed E-state index contributed by atoms with van der Waals surface area (Å²) in [6, 6.07) is 28.8. The molecule has 0 aliphatic carbocycles. The van der Waals surface area contributed by atoms with E-state index in [0.29, 0.717) is 18.8 Å². The van der Waals surface area contributed by atoms with Gasteiger partial charge in [-0.3, -0.25) is 4.79 Å². The molecule has 1 unspecified atom stereocenters. The maximum atomic E-state index is 12.9. The summed E-state index contributed by atoms with van der Waals surface area (Å²) >= 11 is 0. The third-order valence-corrected chi connectivity index (χ3v) is 6.03. The van der Waals surface area contributed by atoms with Crippen molar-refractivity contribution in [2.75, 3.05) is 6.61 Å². The van der Waals surface area contributed by atoms with E-state index in [4.69, 9.17) is 14.2 Å². The van der Waals surface area contributed by atoms with Crippen molar-refractivity contribution in [3.8, 4) is 5.75 Å². The predicted molar refractivity (Wildman–Crippen MR) is 142 cm³/mol. The van der Waals surface area contributed by atoms with Gasteiger partial charge in [0, 0.05) is 5.39 Å². The molecule has 0 bridgehead atoms. The minimum absolute atomic E-state index is 0.146. The number of pyridine rings is 1. The lowest BCUT2D eigenvalue weighted by molar-refractivity contribution is -0.160. The maximum Gasteiger partial charge on any atom is 0.344 e. The number of hydrogen-bond donors (Lipinski definition) is 0. The zero-order valence-corrected chi connectivity index (χ0v) is 21.0. The zero-order chi connectivity index (χ0) is 25.9. The van der Waals surface area contributed by atoms with Crippen molar-refractivity contribution in [2.24, 2.45) is 0 Å². The lowest BCUT2D eigenvalue weighted by Crippen LogP contribution is -2.21. The number of carbonyl (C=O) groups is 2. The summed E-state index contributed by atoms with van der Waals surface area (Å²) < 4.78 is 16.5. The van der Waals surface area contributed by atoms with Crippen LogP contribution in [0, 0.1) is 0 Å². The van der Waals surface area contributed by atoms with Gasteiger partial charge in [-0.1, -0.05) is 86.5 Å². The van der Waals surface area contributed by atoms with E-state index in [1.807, 2.05) is 91.0 Å². The van der Waals surface area contributed by atoms with E-state index in [0.717, 1.165) is 40.6 Å². The van der Waals surface area contributed by atoms with Crippen LogP contribution in [-0.2, 0) is 32.3 Å². The average Bonchev–Trinajstić information content (AvgIpc) is 2.95. The van der Waals surface area contributed by atoms with Crippen LogP contribution < -0.4 is 4.74 Å². The Hall–Kier alpha value is -4.19. The molecule has 1 heterocycles. The molecule has 6 heteroatoms. The van der Waals surface area contributed by atoms with Crippen LogP contribution in [0.4, 0.5) is 0 Å². The van der Waals surface area contributed by atoms with Gasteiger partial charge in [0.1, 0.15) is 19.0 Å². The lowest BCUT2D eigenvalue weighted by atomic mass is 9.93. The second-order valence-electron chi connectivity index (χ2n) is 8.80. The number of unbranched alkanes of at least 4 members (excludes halogenated alkanes) is 1. The molecule has 3 aromatic carbocycles. The fraction of sp³-hybridized carbons (Fsp3) is 0.258. The summed E-state index contributed by atoms with van der Waals surface area (Å²) in [4.78, 5) is 29.6. The summed E-state index contributed by atoms with van der Waals surface area (Å²) in [6.07, 6.45) is 2.45. The SMILES string of the molecule is CCCCC(C(=O)OCC(=O)OCc1ccccc1)c1ccc(OCc2ccc3ccccc3n2)cc1. The minimum Gasteiger partial charge on any atom is -0.487 e. The van der Waals surface area contributed by atoms with Crippen LogP contribution in [0.25, 0.3) is 10.9 Å². The van der Waals surface area contributed by atoms with Crippen LogP contribution in [0.2, 0.25) is 0 Å². The highest BCUT2D eigenvalue weighted by atomic mass is 16.6. The predicted octanol–water partition coefficient (Wildman–Crippen LogP) is 6.37. The summed E-state index contributed by atoms with van der Waals surface area (Å²) in [5, 5.41) is 1.09. The first-order valence-corrected chi connectivity index (χ1v) is 12.6. The largest absolute Gasteiger partial charge is 0.487 e. The number of para-hydroxylation sites is 1. The van der Waals surface area contributed by atoms with Crippen molar-refractivity contribution in [1.82, 2.24) is 4.98 Å². The Morgan fingerprint density at radius 3 is 2.35 bits per heavy atom. The van der Waals surface area contributed by atoms with Gasteiger partial charge in [-0.25, -0.2) is 9.78 Å². The second kappa shape index (κ2) is 13.2. The Morgan fingerprint density at radius 2 is 1.57 bits per heavy atom. The number of aromatic nitrogens is 1. The summed E-state index contributed by atoms with van der Waals surface area (Å²) in [6.45, 7) is 2.15. The number of rotatable bonds is 12. The molecule has 4 aromatic rings. The fourth-order valence-electron chi connectivity index (χ4n) is 3.98. The molecular formula is C31H31NO5. The normalized spacial score (nSPS) is 11.6. The van der Waals surface area contributed by atoms with Gasteiger partial charge < -0.3 is 14.2 Å². The third kappa shape index (κ3) is 7.64. The molecule has 0 aliphatic rings. The van der Waals surface area contributed by atoms with Gasteiger partial charge in [0.15, 0.2) is 6.61 Å². The third-order valence-electron chi connectivity index (χ3n) is 6.03. The Morgan fingerprint density at radius 1 is 0.811 bits per heavy atom. The average molecular weight is 498 g/mol. The standard InChI is InChI=1S/C31H31NO5/c1-2-3-12-28(31(34)37-22-30(33)36-20-23-9-5-4-6-10-23)24-15-18-27(19-16-24)35-21-26-17-14-25-11-7-8-13-29(25)32-26/h4-11,13-19,28H,2-3,12,20-22H2,1H3. The van der Waals surface area contributed by atoms with Crippen LogP contribution in [0.15, 0.2) is 91.0 Å². The van der Waals surface area contributed by atoms with Gasteiger partial charge in [-0.15, -0.1) is 0 Å². The van der Waals surface area contributed by atoms with Crippen LogP contribution in [0.5, 0.6) is 5.75 Å². The Bertz CT molecular complexity index is 1300. The number of carbonyl (C=O) groups excluding carboxylic acids is 2. The molecule has 0 aliphatic heterocycles. The van der Waals surface area contributed by atoms with Crippen molar-refractivity contribution in [3.63, 3.8) is 0 Å². The van der Waals surface area contributed by atoms with Crippen molar-refractivity contribution < 1.29 is 23.8 Å². The smallest absolute Gasteiger partial charge is 0.344 e. The van der Waals surface area contributed by atoms with Gasteiger partial charge in [0.05, 0.1) is 17.1 Å². The van der Waals surface area contributed by atoms with E-state index in [2.05, 4.69) is 11.9 Å². The van der Waals surface area contributed by atoms with E-state index in [9.17, 15) is 9.59 Å². The van der Waals surface area contributed by atoms with Crippen molar-refractivity contribution in [2.45, 2.75) is 45.3 Å². The van der Waals surface area contributed by atoms with Crippen molar-refractivity contribution in [1.29, 1.82) is 0 Å². The van der Waals surface area contributed by atoms with E-state index >= 15 is 0 Å². The highest BCUT2D eigenvalue weighted by Crippen LogP contribution is 2.26. The van der Waals surface area contributed by atoms with E-state index in [1.165, 1.54) is 0 Å². The first kappa shape index (κ1) is 25.9. The van der Waals surface area contributed by atoms with E-state index in [-0.39, 0.29) is 6.61 Å². The molecule has 4 rings (SSSR count). The summed E-state index contributed by atoms with van der Waals surface area (Å²) in [7, 11) is 0. The molecule has 37 heavy (non-hydrogen) atoms. The molecule has 190 valence electrons. The molecule has 0 N–H and O–H groups in total. The topological polar surface area (TPSA) is 74.7 Å². The second-order valence-corrected chi connectivity index (χ2v) is 8.80. The van der Waals surface area contributed by atoms with Gasteiger partial charge in [-0.2, -0.15) is 0 Å². The number of esters is 2. The molecule has 1 atom stereocenters. The molecular weight excluding hydrogens is 466 g/mol. The summed E-state index contributed by atoms with van der Waals surface area (Å²) in [5.74, 6) is -0.777. The Balaban J connectivity index is 1.31. The fourth-order valence-corrected chi connectivity index (χ4v) is 3.98. The Kier molecular flexibility index (Phi) is 9.24. The van der Waals surface area contributed by atoms with Gasteiger partial charge in [-0.05, 0) is 41.8 Å². The molecule has 0 amide bonds. The molecule has 0 fully saturated rings. The monoisotopic (exact) mass is 497 g/mol. The van der Waals surface area contributed by atoms with Crippen molar-refractivity contribution >= 4 is 22.8 Å². The molecule has 1 aromatic heterocycles. The molecule has 0 spiro atoms. The molecule has 6 nitrogen and oxygen atoms in total. The highest BCUT2D eigenvalue weighted by Gasteiger charge is 2.23. The van der Waals surface area contributed by atoms with Crippen molar-refractivity contribution in [3.05, 3.63) is 108 Å². The zero-order valence-electron chi connectivity index (χ0n) is 21.0. The lowest BCUT2D eigenvalue weighted by Gasteiger charge is -2.17. The minimum atomic E-state index is -0.572. The maximum absolute atomic E-state index is 12.9. The quantitative estimate of drug-likeness (QED) is 0.212. The molecule has 0 radical (unpaired) electrons. The number of ether oxygens (including phenoxy) is 3. The van der Waals surface area contributed by atoms with Gasteiger partial charge in [0.25, 0.3) is 0 Å². The highest BCUT2D eigenvalue weighted by molar-refractivity contribution is 5.81. The van der Waals surface area contributed by atoms with E-state index < -0.39 is 24.5 Å². The first-order valence-electron chi connectivity index (χ1n) is 12.6. The Labute approximate surface area is 217 Å². The number of fused-ring (bicyclic) bond motifs is 1. The van der Waals surface area contributed by atoms with Crippen LogP contribution in [0.3, 0.4) is 0 Å². The van der Waals surface area contributed by atoms with Gasteiger partial charge >= 0.3 is 11.9 Å². The number of nitrogens with zero attached hydrogens (tertiary/aromatic N) is 1. The van der Waals surface area contributed by atoms with Crippen LogP contribution >= 0.6 is 0 Å². The molecule has 0 saturated carbocycles. The first-order chi connectivity index (χ1) is 18.1. The number of benzene rings is 3. The summed E-state index contributed by atoms with van der Waals surface area (Å²) in [5.41, 5.74) is 3.47. The number of hydrogen-bond acceptors (Lipinski definition) is 6. The van der Waals surface area contributed by atoms with E-state index in [1.54, 1.807) is 0 Å². The van der Waals surface area contributed by atoms with Gasteiger partial charge in [0.2, 0.25) is 0 Å². The van der Waals surface area contributed by atoms with Crippen LogP contribution in [-0.4, -0.2) is 23.5 Å². The molecule has 0 saturated heterocycles.